The molecule has 2 rings (SSSR count). The van der Waals surface area contributed by atoms with Crippen LogP contribution in [-0.4, -0.2) is 30.0 Å². The first-order valence-corrected chi connectivity index (χ1v) is 5.60. The molecule has 1 heterocycles. The van der Waals surface area contributed by atoms with Crippen molar-refractivity contribution >= 4 is 24.0 Å². The largest absolute Gasteiger partial charge is 0.378 e. The molecule has 0 aliphatic heterocycles. The van der Waals surface area contributed by atoms with E-state index in [1.165, 1.54) is 0 Å². The van der Waals surface area contributed by atoms with E-state index in [9.17, 15) is 4.79 Å². The molecule has 0 saturated heterocycles. The molecule has 0 unspecified atom stereocenters. The van der Waals surface area contributed by atoms with Crippen LogP contribution in [0, 0.1) is 11.3 Å². The molecule has 6 nitrogen and oxygen atoms in total. The molecule has 1 amide bonds. The minimum atomic E-state index is -0.719. The van der Waals surface area contributed by atoms with E-state index in [0.29, 0.717) is 5.82 Å². The molecular weight excluding hydrogens is 278 g/mol. The average Bonchev–Trinajstić information content (AvgIpc) is 2.83. The molecule has 0 bridgehead atoms. The van der Waals surface area contributed by atoms with Gasteiger partial charge in [-0.1, -0.05) is 0 Å². The number of hydrogen-bond donors (Lipinski definition) is 2. The summed E-state index contributed by atoms with van der Waals surface area (Å²) in [6.45, 7) is 0. The van der Waals surface area contributed by atoms with E-state index in [1.807, 2.05) is 49.3 Å². The maximum atomic E-state index is 11.2. The van der Waals surface area contributed by atoms with Crippen LogP contribution in [-0.2, 0) is 0 Å². The van der Waals surface area contributed by atoms with Gasteiger partial charge in [0.15, 0.2) is 11.4 Å². The molecule has 0 atom stereocenters. The van der Waals surface area contributed by atoms with Crippen molar-refractivity contribution in [3.05, 3.63) is 35.7 Å². The molecule has 0 aliphatic rings. The van der Waals surface area contributed by atoms with E-state index in [2.05, 4.69) is 9.97 Å². The Hall–Kier alpha value is -2.52. The molecule has 20 heavy (non-hydrogen) atoms. The van der Waals surface area contributed by atoms with Gasteiger partial charge >= 0.3 is 0 Å². The molecule has 0 aliphatic carbocycles. The lowest BCUT2D eigenvalue weighted by molar-refractivity contribution is 0.0996. The van der Waals surface area contributed by atoms with Gasteiger partial charge < -0.3 is 15.6 Å². The zero-order valence-corrected chi connectivity index (χ0v) is 11.9. The maximum Gasteiger partial charge on any atom is 0.270 e. The number of hydrogen-bond acceptors (Lipinski definition) is 4. The van der Waals surface area contributed by atoms with Gasteiger partial charge in [-0.25, -0.2) is 4.98 Å². The van der Waals surface area contributed by atoms with Crippen molar-refractivity contribution in [2.24, 2.45) is 5.73 Å². The van der Waals surface area contributed by atoms with Crippen molar-refractivity contribution < 1.29 is 4.79 Å². The van der Waals surface area contributed by atoms with Crippen LogP contribution >= 0.6 is 12.4 Å². The van der Waals surface area contributed by atoms with Crippen LogP contribution in [0.2, 0.25) is 0 Å². The Morgan fingerprint density at radius 1 is 1.35 bits per heavy atom. The normalized spacial score (nSPS) is 9.45. The van der Waals surface area contributed by atoms with Gasteiger partial charge in [-0.2, -0.15) is 5.26 Å². The highest BCUT2D eigenvalue weighted by atomic mass is 35.5. The summed E-state index contributed by atoms with van der Waals surface area (Å²) in [6, 6.07) is 9.44. The number of rotatable bonds is 3. The lowest BCUT2D eigenvalue weighted by Crippen LogP contribution is -2.13. The summed E-state index contributed by atoms with van der Waals surface area (Å²) < 4.78 is 0. The summed E-state index contributed by atoms with van der Waals surface area (Å²) in [5.74, 6) is -0.264. The van der Waals surface area contributed by atoms with Gasteiger partial charge in [0.1, 0.15) is 11.9 Å². The Bertz CT molecular complexity index is 654. The molecule has 0 radical (unpaired) electrons. The molecule has 2 aromatic rings. The van der Waals surface area contributed by atoms with Gasteiger partial charge in [-0.05, 0) is 24.3 Å². The SMILES string of the molecule is CN(C)c1ccc(-c2nc(C(N)=O)c(C#N)[nH]2)cc1.Cl. The van der Waals surface area contributed by atoms with Crippen LogP contribution in [0.3, 0.4) is 0 Å². The fourth-order valence-electron chi connectivity index (χ4n) is 1.69. The first-order chi connectivity index (χ1) is 9.02. The second-order valence-corrected chi connectivity index (χ2v) is 4.23. The number of nitriles is 1. The third kappa shape index (κ3) is 2.90. The van der Waals surface area contributed by atoms with Gasteiger partial charge in [0.25, 0.3) is 5.91 Å². The molecule has 0 spiro atoms. The number of imidazole rings is 1. The Morgan fingerprint density at radius 2 is 1.95 bits per heavy atom. The molecule has 1 aromatic carbocycles. The number of aromatic amines is 1. The monoisotopic (exact) mass is 291 g/mol. The minimum absolute atomic E-state index is 0. The number of anilines is 1. The first-order valence-electron chi connectivity index (χ1n) is 5.60. The molecule has 1 aromatic heterocycles. The van der Waals surface area contributed by atoms with Crippen LogP contribution in [0.15, 0.2) is 24.3 Å². The number of halogens is 1. The van der Waals surface area contributed by atoms with E-state index in [1.54, 1.807) is 0 Å². The van der Waals surface area contributed by atoms with Crippen molar-refractivity contribution in [1.82, 2.24) is 9.97 Å². The lowest BCUT2D eigenvalue weighted by atomic mass is 10.2. The maximum absolute atomic E-state index is 11.2. The second-order valence-electron chi connectivity index (χ2n) is 4.23. The first kappa shape index (κ1) is 15.5. The summed E-state index contributed by atoms with van der Waals surface area (Å²) in [5.41, 5.74) is 7.05. The number of carbonyl (C=O) groups is 1. The van der Waals surface area contributed by atoms with Gasteiger partial charge in [-0.3, -0.25) is 4.79 Å². The van der Waals surface area contributed by atoms with E-state index >= 15 is 0 Å². The Labute approximate surface area is 122 Å². The number of H-pyrrole nitrogens is 1. The Morgan fingerprint density at radius 3 is 2.35 bits per heavy atom. The van der Waals surface area contributed by atoms with Crippen molar-refractivity contribution in [2.45, 2.75) is 0 Å². The van der Waals surface area contributed by atoms with Crippen LogP contribution in [0.25, 0.3) is 11.4 Å². The second kappa shape index (κ2) is 6.08. The quantitative estimate of drug-likeness (QED) is 0.896. The number of nitrogens with zero attached hydrogens (tertiary/aromatic N) is 3. The van der Waals surface area contributed by atoms with Gasteiger partial charge in [0.05, 0.1) is 0 Å². The zero-order valence-electron chi connectivity index (χ0n) is 11.0. The summed E-state index contributed by atoms with van der Waals surface area (Å²) in [6.07, 6.45) is 0. The van der Waals surface area contributed by atoms with Crippen LogP contribution in [0.5, 0.6) is 0 Å². The molecule has 0 saturated carbocycles. The number of amides is 1. The third-order valence-corrected chi connectivity index (χ3v) is 2.71. The molecular formula is C13H14ClN5O. The minimum Gasteiger partial charge on any atom is -0.378 e. The number of primary amides is 1. The summed E-state index contributed by atoms with van der Waals surface area (Å²) in [7, 11) is 3.89. The summed E-state index contributed by atoms with van der Waals surface area (Å²) in [4.78, 5) is 20.0. The summed E-state index contributed by atoms with van der Waals surface area (Å²) >= 11 is 0. The number of nitrogens with one attached hydrogen (secondary N) is 1. The van der Waals surface area contributed by atoms with Crippen LogP contribution in [0.4, 0.5) is 5.69 Å². The Kier molecular flexibility index (Phi) is 4.73. The van der Waals surface area contributed by atoms with Crippen LogP contribution in [0.1, 0.15) is 16.2 Å². The topological polar surface area (TPSA) is 98.8 Å². The van der Waals surface area contributed by atoms with Gasteiger partial charge in [0.2, 0.25) is 0 Å². The molecule has 0 fully saturated rings. The molecule has 3 N–H and O–H groups in total. The Balaban J connectivity index is 0.00000200. The van der Waals surface area contributed by atoms with Gasteiger partial charge in [-0.15, -0.1) is 12.4 Å². The fourth-order valence-corrected chi connectivity index (χ4v) is 1.69. The van der Waals surface area contributed by atoms with Gasteiger partial charge in [0, 0.05) is 25.3 Å². The highest BCUT2D eigenvalue weighted by Gasteiger charge is 2.15. The van der Waals surface area contributed by atoms with Crippen molar-refractivity contribution in [2.75, 3.05) is 19.0 Å². The van der Waals surface area contributed by atoms with E-state index in [0.717, 1.165) is 11.3 Å². The predicted octanol–water partition coefficient (Wildman–Crippen LogP) is 1.54. The summed E-state index contributed by atoms with van der Waals surface area (Å²) in [5, 5.41) is 8.91. The van der Waals surface area contributed by atoms with E-state index in [4.69, 9.17) is 11.0 Å². The van der Waals surface area contributed by atoms with Crippen molar-refractivity contribution in [3.63, 3.8) is 0 Å². The van der Waals surface area contributed by atoms with E-state index in [-0.39, 0.29) is 23.8 Å². The van der Waals surface area contributed by atoms with E-state index < -0.39 is 5.91 Å². The predicted molar refractivity (Wildman–Crippen MR) is 78.8 cm³/mol. The van der Waals surface area contributed by atoms with Crippen molar-refractivity contribution in [1.29, 1.82) is 5.26 Å². The third-order valence-electron chi connectivity index (χ3n) is 2.71. The fraction of sp³-hybridized carbons (Fsp3) is 0.154. The highest BCUT2D eigenvalue weighted by molar-refractivity contribution is 5.93. The number of aromatic nitrogens is 2. The molecule has 7 heteroatoms. The standard InChI is InChI=1S/C13H13N5O.ClH/c1-18(2)9-5-3-8(4-6-9)13-16-10(7-14)11(17-13)12(15)19;/h3-6H,1-2H3,(H2,15,19)(H,16,17);1H. The lowest BCUT2D eigenvalue weighted by Gasteiger charge is -2.11. The number of benzene rings is 1. The molecule has 104 valence electrons. The smallest absolute Gasteiger partial charge is 0.270 e. The van der Waals surface area contributed by atoms with Crippen LogP contribution < -0.4 is 10.6 Å². The number of nitrogens with two attached hydrogens (primary N) is 1. The average molecular weight is 292 g/mol. The number of carbonyl (C=O) groups excluding carboxylic acids is 1. The van der Waals surface area contributed by atoms with Crippen molar-refractivity contribution in [3.8, 4) is 17.5 Å². The zero-order chi connectivity index (χ0) is 14.0. The highest BCUT2D eigenvalue weighted by Crippen LogP contribution is 2.21.